The van der Waals surface area contributed by atoms with Gasteiger partial charge in [-0.3, -0.25) is 9.59 Å². The van der Waals surface area contributed by atoms with Crippen molar-refractivity contribution in [2.45, 2.75) is 50.8 Å². The van der Waals surface area contributed by atoms with Crippen LogP contribution < -0.4 is 10.6 Å². The van der Waals surface area contributed by atoms with Crippen molar-refractivity contribution >= 4 is 17.9 Å². The van der Waals surface area contributed by atoms with Crippen LogP contribution in [0.15, 0.2) is 115 Å². The second-order valence-corrected chi connectivity index (χ2v) is 12.0. The van der Waals surface area contributed by atoms with Gasteiger partial charge < -0.3 is 25.4 Å². The van der Waals surface area contributed by atoms with E-state index < -0.39 is 35.1 Å². The molecule has 4 aromatic rings. The number of nitrogens with one attached hydrogen (secondary N) is 2. The van der Waals surface area contributed by atoms with E-state index in [4.69, 9.17) is 4.74 Å². The third-order valence-electron chi connectivity index (χ3n) is 7.37. The Kier molecular flexibility index (Phi) is 10.6. The molecule has 0 aromatic heterocycles. The fraction of sp³-hybridized carbons (Fsp3) is 0.270. The topological polar surface area (TPSA) is 108 Å². The average molecular weight is 608 g/mol. The first-order valence-corrected chi connectivity index (χ1v) is 15.0. The minimum absolute atomic E-state index is 0.161. The second kappa shape index (κ2) is 14.6. The van der Waals surface area contributed by atoms with Gasteiger partial charge in [-0.2, -0.15) is 0 Å². The van der Waals surface area contributed by atoms with Crippen molar-refractivity contribution < 1.29 is 24.2 Å². The van der Waals surface area contributed by atoms with Crippen molar-refractivity contribution in [1.82, 2.24) is 15.5 Å². The van der Waals surface area contributed by atoms with Crippen LogP contribution in [-0.2, 0) is 26.3 Å². The summed E-state index contributed by atoms with van der Waals surface area (Å²) in [6, 6.07) is 34.6. The van der Waals surface area contributed by atoms with Crippen molar-refractivity contribution in [3.05, 3.63) is 138 Å². The maximum atomic E-state index is 14.1. The first-order valence-electron chi connectivity index (χ1n) is 15.0. The van der Waals surface area contributed by atoms with Gasteiger partial charge in [0.1, 0.15) is 22.9 Å². The van der Waals surface area contributed by atoms with E-state index in [2.05, 4.69) is 10.6 Å². The quantitative estimate of drug-likeness (QED) is 0.187. The number of phenolic OH excluding ortho intramolecular Hbond substituents is 1. The molecular formula is C37H41N3O5. The van der Waals surface area contributed by atoms with Gasteiger partial charge >= 0.3 is 6.09 Å². The number of benzene rings is 4. The predicted octanol–water partition coefficient (Wildman–Crippen LogP) is 5.78. The third kappa shape index (κ3) is 8.72. The molecule has 4 aromatic carbocycles. The summed E-state index contributed by atoms with van der Waals surface area (Å²) < 4.78 is 5.45. The Morgan fingerprint density at radius 2 is 1.22 bits per heavy atom. The maximum Gasteiger partial charge on any atom is 0.408 e. The number of rotatable bonds is 11. The molecule has 0 aliphatic rings. The minimum Gasteiger partial charge on any atom is -0.508 e. The molecule has 0 aliphatic heterocycles. The van der Waals surface area contributed by atoms with Gasteiger partial charge in [0.2, 0.25) is 11.8 Å². The molecule has 0 unspecified atom stereocenters. The summed E-state index contributed by atoms with van der Waals surface area (Å²) in [6.07, 6.45) is -0.593. The lowest BCUT2D eigenvalue weighted by Crippen LogP contribution is -2.53. The molecule has 0 saturated carbocycles. The molecule has 0 spiro atoms. The number of nitrogens with zero attached hydrogens (tertiary/aromatic N) is 1. The van der Waals surface area contributed by atoms with E-state index in [1.54, 1.807) is 52.1 Å². The number of ether oxygens (including phenoxy) is 1. The molecule has 3 amide bonds. The number of amides is 3. The highest BCUT2D eigenvalue weighted by Gasteiger charge is 2.39. The monoisotopic (exact) mass is 607 g/mol. The molecule has 3 N–H and O–H groups in total. The van der Waals surface area contributed by atoms with E-state index in [1.165, 1.54) is 4.90 Å². The lowest BCUT2D eigenvalue weighted by molar-refractivity contribution is -0.135. The van der Waals surface area contributed by atoms with E-state index in [0.29, 0.717) is 13.0 Å². The number of hydrogen-bond donors (Lipinski definition) is 3. The molecule has 0 radical (unpaired) electrons. The number of carbonyl (C=O) groups excluding carboxylic acids is 3. The molecule has 8 nitrogen and oxygen atoms in total. The number of hydrogen-bond acceptors (Lipinski definition) is 5. The summed E-state index contributed by atoms with van der Waals surface area (Å²) in [6.45, 7) is 5.52. The molecule has 0 heterocycles. The average Bonchev–Trinajstić information content (AvgIpc) is 3.03. The first-order chi connectivity index (χ1) is 21.5. The molecule has 234 valence electrons. The van der Waals surface area contributed by atoms with Crippen LogP contribution in [0.5, 0.6) is 5.75 Å². The number of alkyl carbamates (subject to hydrolysis) is 1. The fourth-order valence-corrected chi connectivity index (χ4v) is 5.21. The Hall–Kier alpha value is -5.11. The van der Waals surface area contributed by atoms with E-state index in [0.717, 1.165) is 22.3 Å². The van der Waals surface area contributed by atoms with Gasteiger partial charge in [0.25, 0.3) is 0 Å². The van der Waals surface area contributed by atoms with Gasteiger partial charge in [-0.1, -0.05) is 103 Å². The molecule has 0 aliphatic carbocycles. The second-order valence-electron chi connectivity index (χ2n) is 12.0. The van der Waals surface area contributed by atoms with E-state index in [-0.39, 0.29) is 12.2 Å². The van der Waals surface area contributed by atoms with E-state index >= 15 is 0 Å². The zero-order valence-electron chi connectivity index (χ0n) is 26.2. The van der Waals surface area contributed by atoms with Crippen LogP contribution in [0.2, 0.25) is 0 Å². The molecule has 0 saturated heterocycles. The van der Waals surface area contributed by atoms with Crippen LogP contribution in [-0.4, -0.2) is 53.1 Å². The van der Waals surface area contributed by atoms with Crippen LogP contribution in [0.1, 0.15) is 49.4 Å². The van der Waals surface area contributed by atoms with Gasteiger partial charge in [-0.15, -0.1) is 0 Å². The highest BCUT2D eigenvalue weighted by atomic mass is 16.6. The number of phenols is 1. The summed E-state index contributed by atoms with van der Waals surface area (Å²) in [7, 11) is 1.63. The lowest BCUT2D eigenvalue weighted by Gasteiger charge is -2.37. The van der Waals surface area contributed by atoms with Gasteiger partial charge in [-0.25, -0.2) is 4.79 Å². The lowest BCUT2D eigenvalue weighted by atomic mass is 9.77. The summed E-state index contributed by atoms with van der Waals surface area (Å²) in [5.41, 5.74) is 1.57. The highest BCUT2D eigenvalue weighted by molar-refractivity contribution is 5.91. The Bertz CT molecular complexity index is 1460. The molecule has 45 heavy (non-hydrogen) atoms. The minimum atomic E-state index is -1.19. The van der Waals surface area contributed by atoms with Crippen LogP contribution in [0.3, 0.4) is 0 Å². The van der Waals surface area contributed by atoms with Crippen molar-refractivity contribution in [2.75, 3.05) is 13.6 Å². The summed E-state index contributed by atoms with van der Waals surface area (Å²) >= 11 is 0. The highest BCUT2D eigenvalue weighted by Crippen LogP contribution is 2.37. The molecule has 1 atom stereocenters. The molecule has 0 fully saturated rings. The predicted molar refractivity (Wildman–Crippen MR) is 175 cm³/mol. The Labute approximate surface area is 265 Å². The fourth-order valence-electron chi connectivity index (χ4n) is 5.21. The Balaban J connectivity index is 1.65. The third-order valence-corrected chi connectivity index (χ3v) is 7.37. The molecule has 8 heteroatoms. The zero-order chi connectivity index (χ0) is 32.5. The van der Waals surface area contributed by atoms with Gasteiger partial charge in [-0.05, 0) is 61.6 Å². The van der Waals surface area contributed by atoms with Crippen molar-refractivity contribution in [3.63, 3.8) is 0 Å². The standard InChI is InChI=1S/C37H41N3O5/c1-36(2,3)45-35(44)38-32(34(43)40(4)25-24-27-20-22-31(41)23-21-27)26-33(42)39-37(28-14-8-5-9-15-28,29-16-10-6-11-17-29)30-18-12-7-13-19-30/h5-23,32,41H,24-26H2,1-4H3,(H,38,44)(H,39,42)/t32-/m1/s1. The molecular weight excluding hydrogens is 566 g/mol. The molecule has 0 bridgehead atoms. The van der Waals surface area contributed by atoms with Gasteiger partial charge in [0.05, 0.1) is 6.42 Å². The number of likely N-dealkylation sites (N-methyl/N-ethyl adjacent to an activating group) is 1. The Morgan fingerprint density at radius 3 is 1.67 bits per heavy atom. The number of aromatic hydroxyl groups is 1. The van der Waals surface area contributed by atoms with Crippen LogP contribution in [0, 0.1) is 0 Å². The van der Waals surface area contributed by atoms with Crippen molar-refractivity contribution in [3.8, 4) is 5.75 Å². The van der Waals surface area contributed by atoms with Crippen molar-refractivity contribution in [1.29, 1.82) is 0 Å². The SMILES string of the molecule is CN(CCc1ccc(O)cc1)C(=O)[C@@H](CC(=O)NC(c1ccccc1)(c1ccccc1)c1ccccc1)NC(=O)OC(C)(C)C. The van der Waals surface area contributed by atoms with Crippen molar-refractivity contribution in [2.24, 2.45) is 0 Å². The van der Waals surface area contributed by atoms with Gasteiger partial charge in [0, 0.05) is 13.6 Å². The zero-order valence-corrected chi connectivity index (χ0v) is 26.2. The Morgan fingerprint density at radius 1 is 0.756 bits per heavy atom. The summed E-state index contributed by atoms with van der Waals surface area (Å²) in [5, 5.41) is 15.5. The summed E-state index contributed by atoms with van der Waals surface area (Å²) in [5.74, 6) is -0.708. The molecule has 4 rings (SSSR count). The smallest absolute Gasteiger partial charge is 0.408 e. The van der Waals surface area contributed by atoms with Crippen LogP contribution >= 0.6 is 0 Å². The van der Waals surface area contributed by atoms with Gasteiger partial charge in [0.15, 0.2) is 0 Å². The summed E-state index contributed by atoms with van der Waals surface area (Å²) in [4.78, 5) is 42.2. The largest absolute Gasteiger partial charge is 0.508 e. The number of carbonyl (C=O) groups is 3. The van der Waals surface area contributed by atoms with E-state index in [9.17, 15) is 19.5 Å². The maximum absolute atomic E-state index is 14.1. The first kappa shape index (κ1) is 32.8. The normalized spacial score (nSPS) is 12.1. The van der Waals surface area contributed by atoms with Crippen LogP contribution in [0.4, 0.5) is 4.79 Å². The van der Waals surface area contributed by atoms with E-state index in [1.807, 2.05) is 91.0 Å². The van der Waals surface area contributed by atoms with Crippen LogP contribution in [0.25, 0.3) is 0 Å².